The van der Waals surface area contributed by atoms with E-state index in [-0.39, 0.29) is 5.82 Å². The average molecular weight is 246 g/mol. The van der Waals surface area contributed by atoms with Crippen molar-refractivity contribution >= 4 is 5.82 Å². The Kier molecular flexibility index (Phi) is 3.07. The molecule has 0 radical (unpaired) electrons. The Labute approximate surface area is 94.6 Å². The number of aliphatic hydroxyl groups is 1. The van der Waals surface area contributed by atoms with Crippen molar-refractivity contribution in [1.29, 1.82) is 0 Å². The third-order valence-corrected chi connectivity index (χ3v) is 2.55. The van der Waals surface area contributed by atoms with Crippen LogP contribution in [0.4, 0.5) is 14.6 Å². The molecule has 0 bridgehead atoms. The quantitative estimate of drug-likeness (QED) is 0.726. The summed E-state index contributed by atoms with van der Waals surface area (Å²) in [5, 5.41) is 8.78. The molecular weight excluding hydrogens is 235 g/mol. The van der Waals surface area contributed by atoms with Crippen molar-refractivity contribution in [1.82, 2.24) is 9.55 Å². The van der Waals surface area contributed by atoms with E-state index in [0.717, 1.165) is 4.57 Å². The lowest BCUT2D eigenvalue weighted by Crippen LogP contribution is -2.32. The number of hydrogen-bond acceptors (Lipinski definition) is 5. The molecule has 8 heteroatoms. The fraction of sp³-hybridized carbons (Fsp3) is 0.556. The SMILES string of the molecule is Nc1ccn([C@H]2O[C@@H](CO)C([18F])[C@H]2F)c(=O)n1. The summed E-state index contributed by atoms with van der Waals surface area (Å²) in [7, 11) is 0. The van der Waals surface area contributed by atoms with Crippen LogP contribution in [-0.2, 0) is 4.74 Å². The van der Waals surface area contributed by atoms with E-state index in [4.69, 9.17) is 15.6 Å². The molecule has 17 heavy (non-hydrogen) atoms. The lowest BCUT2D eigenvalue weighted by atomic mass is 10.2. The first kappa shape index (κ1) is 11.9. The van der Waals surface area contributed by atoms with Crippen LogP contribution in [0.3, 0.4) is 0 Å². The van der Waals surface area contributed by atoms with Crippen LogP contribution in [0.25, 0.3) is 0 Å². The van der Waals surface area contributed by atoms with Gasteiger partial charge in [-0.3, -0.25) is 4.57 Å². The first-order valence-electron chi connectivity index (χ1n) is 4.93. The van der Waals surface area contributed by atoms with E-state index in [1.54, 1.807) is 0 Å². The highest BCUT2D eigenvalue weighted by Crippen LogP contribution is 2.32. The number of nitrogens with two attached hydrogens (primary N) is 1. The van der Waals surface area contributed by atoms with Crippen molar-refractivity contribution in [3.05, 3.63) is 22.7 Å². The van der Waals surface area contributed by atoms with Gasteiger partial charge in [-0.05, 0) is 6.07 Å². The van der Waals surface area contributed by atoms with Crippen LogP contribution in [0.2, 0.25) is 0 Å². The molecule has 2 rings (SSSR count). The van der Waals surface area contributed by atoms with Crippen LogP contribution in [0.5, 0.6) is 0 Å². The first-order chi connectivity index (χ1) is 8.04. The summed E-state index contributed by atoms with van der Waals surface area (Å²) in [6.45, 7) is -0.658. The van der Waals surface area contributed by atoms with Gasteiger partial charge >= 0.3 is 5.69 Å². The Morgan fingerprint density at radius 2 is 2.24 bits per heavy atom. The van der Waals surface area contributed by atoms with Crippen LogP contribution in [0, 0.1) is 0 Å². The second-order valence-electron chi connectivity index (χ2n) is 3.68. The van der Waals surface area contributed by atoms with Gasteiger partial charge in [0.05, 0.1) is 6.61 Å². The van der Waals surface area contributed by atoms with E-state index >= 15 is 0 Å². The van der Waals surface area contributed by atoms with Gasteiger partial charge in [0, 0.05) is 6.20 Å². The number of halogens is 2. The van der Waals surface area contributed by atoms with Gasteiger partial charge in [0.2, 0.25) is 0 Å². The molecule has 4 atom stereocenters. The van der Waals surface area contributed by atoms with E-state index in [9.17, 15) is 13.6 Å². The van der Waals surface area contributed by atoms with E-state index in [1.807, 2.05) is 0 Å². The monoisotopic (exact) mass is 246 g/mol. The van der Waals surface area contributed by atoms with E-state index in [1.165, 1.54) is 12.3 Å². The molecule has 1 fully saturated rings. The summed E-state index contributed by atoms with van der Waals surface area (Å²) < 4.78 is 32.6. The van der Waals surface area contributed by atoms with Crippen LogP contribution < -0.4 is 11.4 Å². The number of rotatable bonds is 2. The Morgan fingerprint density at radius 1 is 1.53 bits per heavy atom. The minimum atomic E-state index is -2.03. The smallest absolute Gasteiger partial charge is 0.351 e. The molecule has 6 nitrogen and oxygen atoms in total. The molecule has 0 spiro atoms. The highest BCUT2D eigenvalue weighted by Gasteiger charge is 2.46. The highest BCUT2D eigenvalue weighted by molar-refractivity contribution is 5.23. The lowest BCUT2D eigenvalue weighted by Gasteiger charge is -2.15. The number of aromatic nitrogens is 2. The van der Waals surface area contributed by atoms with Crippen LogP contribution in [0.15, 0.2) is 17.1 Å². The van der Waals surface area contributed by atoms with Gasteiger partial charge in [-0.2, -0.15) is 4.98 Å². The van der Waals surface area contributed by atoms with Crippen molar-refractivity contribution < 1.29 is 18.6 Å². The second-order valence-corrected chi connectivity index (χ2v) is 3.68. The summed E-state index contributed by atoms with van der Waals surface area (Å²) in [6.07, 6.45) is -5.54. The molecule has 0 saturated carbocycles. The normalized spacial score (nSPS) is 32.9. The second kappa shape index (κ2) is 4.38. The van der Waals surface area contributed by atoms with Crippen molar-refractivity contribution in [3.8, 4) is 0 Å². The summed E-state index contributed by atoms with van der Waals surface area (Å²) in [5.41, 5.74) is 4.44. The number of ether oxygens (including phenoxy) is 1. The number of hydrogen-bond donors (Lipinski definition) is 2. The summed E-state index contributed by atoms with van der Waals surface area (Å²) in [6, 6.07) is 1.27. The number of nitrogen functional groups attached to an aromatic ring is 1. The van der Waals surface area contributed by atoms with Gasteiger partial charge in [-0.1, -0.05) is 0 Å². The fourth-order valence-corrected chi connectivity index (χ4v) is 1.67. The Hall–Kier alpha value is -1.54. The molecule has 1 aromatic rings. The third-order valence-electron chi connectivity index (χ3n) is 2.55. The molecule has 1 aromatic heterocycles. The van der Waals surface area contributed by atoms with Crippen molar-refractivity contribution in [2.24, 2.45) is 0 Å². The topological polar surface area (TPSA) is 90.4 Å². The predicted molar refractivity (Wildman–Crippen MR) is 53.7 cm³/mol. The summed E-state index contributed by atoms with van der Waals surface area (Å²) in [4.78, 5) is 14.8. The maximum absolute atomic E-state index is 13.6. The molecule has 0 aromatic carbocycles. The van der Waals surface area contributed by atoms with Crippen LogP contribution >= 0.6 is 0 Å². The standard InChI is InChI=1S/C9H11F2N3O3/c10-6-4(3-15)17-8(7(6)11)14-2-1-5(12)13-9(14)16/h1-2,4,6-8,15H,3H2,(H2,12,13,16)/t4-,6?,7+,8-/m0/s1/i10-1. The van der Waals surface area contributed by atoms with Crippen molar-refractivity contribution in [2.75, 3.05) is 12.3 Å². The van der Waals surface area contributed by atoms with Crippen molar-refractivity contribution in [2.45, 2.75) is 24.7 Å². The van der Waals surface area contributed by atoms with E-state index in [0.29, 0.717) is 0 Å². The zero-order valence-electron chi connectivity index (χ0n) is 8.66. The number of aliphatic hydroxyl groups excluding tert-OH is 1. The molecule has 1 aliphatic rings. The number of anilines is 1. The third kappa shape index (κ3) is 2.01. The molecule has 1 aliphatic heterocycles. The van der Waals surface area contributed by atoms with Gasteiger partial charge in [0.25, 0.3) is 0 Å². The zero-order chi connectivity index (χ0) is 12.6. The predicted octanol–water partition coefficient (Wildman–Crippen LogP) is -0.609. The molecular formula is C9H11F2N3O3. The molecule has 1 unspecified atom stereocenters. The van der Waals surface area contributed by atoms with E-state index in [2.05, 4.69) is 4.98 Å². The summed E-state index contributed by atoms with van der Waals surface area (Å²) in [5.74, 6) is -0.0184. The maximum atomic E-state index is 13.6. The molecule has 0 aliphatic carbocycles. The summed E-state index contributed by atoms with van der Waals surface area (Å²) >= 11 is 0. The largest absolute Gasteiger partial charge is 0.394 e. The van der Waals surface area contributed by atoms with Crippen molar-refractivity contribution in [3.63, 3.8) is 0 Å². The number of alkyl halides is 2. The molecule has 3 N–H and O–H groups in total. The van der Waals surface area contributed by atoms with Gasteiger partial charge < -0.3 is 15.6 Å². The first-order valence-corrected chi connectivity index (χ1v) is 4.93. The Balaban J connectivity index is 2.32. The maximum Gasteiger partial charge on any atom is 0.351 e. The molecule has 94 valence electrons. The average Bonchev–Trinajstić information content (AvgIpc) is 2.57. The molecule has 1 saturated heterocycles. The van der Waals surface area contributed by atoms with Gasteiger partial charge in [-0.25, -0.2) is 13.6 Å². The van der Waals surface area contributed by atoms with Crippen LogP contribution in [0.1, 0.15) is 6.23 Å². The van der Waals surface area contributed by atoms with Gasteiger partial charge in [0.1, 0.15) is 11.9 Å². The minimum Gasteiger partial charge on any atom is -0.394 e. The number of nitrogens with zero attached hydrogens (tertiary/aromatic N) is 2. The molecule has 2 heterocycles. The Bertz CT molecular complexity index is 467. The minimum absolute atomic E-state index is 0.0184. The zero-order valence-corrected chi connectivity index (χ0v) is 8.66. The van der Waals surface area contributed by atoms with Gasteiger partial charge in [-0.15, -0.1) is 0 Å². The fourth-order valence-electron chi connectivity index (χ4n) is 1.67. The molecule has 0 amide bonds. The van der Waals surface area contributed by atoms with Crippen LogP contribution in [-0.4, -0.2) is 39.7 Å². The Morgan fingerprint density at radius 3 is 2.76 bits per heavy atom. The highest BCUT2D eigenvalue weighted by atomic mass is 19.1. The lowest BCUT2D eigenvalue weighted by molar-refractivity contribution is -0.0436. The van der Waals surface area contributed by atoms with Gasteiger partial charge in [0.15, 0.2) is 18.6 Å². The van der Waals surface area contributed by atoms with E-state index < -0.39 is 37.0 Å².